The summed E-state index contributed by atoms with van der Waals surface area (Å²) >= 11 is 6.21. The fraction of sp³-hybridized carbons (Fsp3) is 0.250. The minimum absolute atomic E-state index is 0.119. The number of nitrogens with one attached hydrogen (secondary N) is 1. The maximum Gasteiger partial charge on any atom is 0.277 e. The van der Waals surface area contributed by atoms with Crippen molar-refractivity contribution in [1.29, 1.82) is 0 Å². The normalized spacial score (nSPS) is 10.5. The Hall–Kier alpha value is -0.990. The monoisotopic (exact) mass is 373 g/mol. The quantitative estimate of drug-likeness (QED) is 0.782. The van der Waals surface area contributed by atoms with E-state index in [2.05, 4.69) is 31.4 Å². The molecule has 1 aromatic heterocycles. The number of carbonyl (C=O) groups is 1. The van der Waals surface area contributed by atoms with Crippen LogP contribution in [0.1, 0.15) is 5.89 Å². The molecule has 0 bridgehead atoms. The van der Waals surface area contributed by atoms with Gasteiger partial charge in [0.05, 0.1) is 17.2 Å². The van der Waals surface area contributed by atoms with E-state index < -0.39 is 0 Å². The molecular weight excluding hydrogens is 362 g/mol. The number of halogens is 1. The lowest BCUT2D eigenvalue weighted by Gasteiger charge is -2.05. The lowest BCUT2D eigenvalue weighted by molar-refractivity contribution is -0.113. The number of anilines is 1. The Balaban J connectivity index is 1.84. The molecule has 0 fully saturated rings. The third kappa shape index (κ3) is 4.53. The van der Waals surface area contributed by atoms with Crippen LogP contribution in [-0.4, -0.2) is 28.1 Å². The third-order valence-corrected chi connectivity index (χ3v) is 4.24. The van der Waals surface area contributed by atoms with Crippen LogP contribution in [0.5, 0.6) is 0 Å². The number of amides is 1. The van der Waals surface area contributed by atoms with Crippen molar-refractivity contribution in [3.63, 3.8) is 0 Å². The second-order valence-corrected chi connectivity index (χ2v) is 6.36. The molecule has 0 unspecified atom stereocenters. The molecule has 0 aliphatic rings. The van der Waals surface area contributed by atoms with Crippen molar-refractivity contribution in [3.8, 4) is 0 Å². The first kappa shape index (κ1) is 15.4. The lowest BCUT2D eigenvalue weighted by atomic mass is 10.3. The van der Waals surface area contributed by atoms with Crippen LogP contribution < -0.4 is 5.32 Å². The van der Waals surface area contributed by atoms with Gasteiger partial charge in [0.2, 0.25) is 11.8 Å². The van der Waals surface area contributed by atoms with Gasteiger partial charge in [-0.1, -0.05) is 23.9 Å². The van der Waals surface area contributed by atoms with Crippen molar-refractivity contribution in [2.75, 3.05) is 17.3 Å². The number of rotatable bonds is 6. The molecule has 20 heavy (non-hydrogen) atoms. The summed E-state index contributed by atoms with van der Waals surface area (Å²) in [4.78, 5) is 11.8. The standard InChI is InChI=1S/C12H12BrN3O2S2/c1-19-7-11-15-16-12(18-11)20-6-10(17)14-9-5-3-2-4-8(9)13/h2-5H,6-7H2,1H3,(H,14,17). The van der Waals surface area contributed by atoms with Gasteiger partial charge in [-0.05, 0) is 34.3 Å². The summed E-state index contributed by atoms with van der Waals surface area (Å²) in [5.74, 6) is 1.36. The van der Waals surface area contributed by atoms with Crippen LogP contribution >= 0.6 is 39.5 Å². The molecule has 0 aliphatic heterocycles. The van der Waals surface area contributed by atoms with Gasteiger partial charge in [0.15, 0.2) is 0 Å². The Bertz CT molecular complexity index is 592. The zero-order valence-electron chi connectivity index (χ0n) is 10.6. The molecule has 1 amide bonds. The zero-order chi connectivity index (χ0) is 14.4. The molecule has 1 N–H and O–H groups in total. The lowest BCUT2D eigenvalue weighted by Crippen LogP contribution is -2.14. The summed E-state index contributed by atoms with van der Waals surface area (Å²) in [6.45, 7) is 0. The number of thioether (sulfide) groups is 2. The molecule has 1 aromatic carbocycles. The van der Waals surface area contributed by atoms with Gasteiger partial charge in [0.25, 0.3) is 5.22 Å². The first-order valence-electron chi connectivity index (χ1n) is 5.67. The van der Waals surface area contributed by atoms with Crippen molar-refractivity contribution < 1.29 is 9.21 Å². The highest BCUT2D eigenvalue weighted by atomic mass is 79.9. The zero-order valence-corrected chi connectivity index (χ0v) is 13.8. The number of para-hydroxylation sites is 1. The largest absolute Gasteiger partial charge is 0.415 e. The van der Waals surface area contributed by atoms with Crippen LogP contribution in [0, 0.1) is 0 Å². The van der Waals surface area contributed by atoms with E-state index in [0.717, 1.165) is 10.2 Å². The third-order valence-electron chi connectivity index (χ3n) is 2.19. The highest BCUT2D eigenvalue weighted by molar-refractivity contribution is 9.10. The van der Waals surface area contributed by atoms with Gasteiger partial charge in [-0.2, -0.15) is 11.8 Å². The van der Waals surface area contributed by atoms with Gasteiger partial charge in [-0.15, -0.1) is 10.2 Å². The summed E-state index contributed by atoms with van der Waals surface area (Å²) in [5.41, 5.74) is 0.742. The smallest absolute Gasteiger partial charge is 0.277 e. The average molecular weight is 374 g/mol. The Morgan fingerprint density at radius 2 is 2.20 bits per heavy atom. The molecule has 0 radical (unpaired) electrons. The van der Waals surface area contributed by atoms with E-state index in [1.54, 1.807) is 11.8 Å². The molecule has 0 saturated heterocycles. The summed E-state index contributed by atoms with van der Waals surface area (Å²) < 4.78 is 6.22. The second kappa shape index (κ2) is 7.70. The Morgan fingerprint density at radius 3 is 2.95 bits per heavy atom. The SMILES string of the molecule is CSCc1nnc(SCC(=O)Nc2ccccc2Br)o1. The summed E-state index contributed by atoms with van der Waals surface area (Å²) in [6, 6.07) is 7.45. The van der Waals surface area contributed by atoms with Crippen LogP contribution in [0.15, 0.2) is 38.4 Å². The van der Waals surface area contributed by atoms with E-state index in [-0.39, 0.29) is 11.7 Å². The van der Waals surface area contributed by atoms with E-state index in [4.69, 9.17) is 4.42 Å². The van der Waals surface area contributed by atoms with E-state index in [1.807, 2.05) is 30.5 Å². The molecule has 1 heterocycles. The molecule has 5 nitrogen and oxygen atoms in total. The molecule has 0 aliphatic carbocycles. The highest BCUT2D eigenvalue weighted by Crippen LogP contribution is 2.22. The Kier molecular flexibility index (Phi) is 5.93. The predicted octanol–water partition coefficient (Wildman–Crippen LogP) is 3.43. The number of hydrogen-bond acceptors (Lipinski definition) is 6. The molecule has 0 saturated carbocycles. The van der Waals surface area contributed by atoms with Crippen LogP contribution in [0.3, 0.4) is 0 Å². The number of hydrogen-bond donors (Lipinski definition) is 1. The van der Waals surface area contributed by atoms with Crippen LogP contribution in [0.2, 0.25) is 0 Å². The second-order valence-electron chi connectivity index (χ2n) is 3.71. The molecule has 0 atom stereocenters. The van der Waals surface area contributed by atoms with Gasteiger partial charge < -0.3 is 9.73 Å². The van der Waals surface area contributed by atoms with Gasteiger partial charge >= 0.3 is 0 Å². The van der Waals surface area contributed by atoms with Gasteiger partial charge in [-0.3, -0.25) is 4.79 Å². The van der Waals surface area contributed by atoms with Crippen LogP contribution in [0.25, 0.3) is 0 Å². The minimum atomic E-state index is -0.119. The first-order valence-corrected chi connectivity index (χ1v) is 8.85. The molecule has 0 spiro atoms. The van der Waals surface area contributed by atoms with Crippen molar-refractivity contribution >= 4 is 51.0 Å². The van der Waals surface area contributed by atoms with E-state index in [9.17, 15) is 4.79 Å². The van der Waals surface area contributed by atoms with Crippen molar-refractivity contribution in [3.05, 3.63) is 34.6 Å². The van der Waals surface area contributed by atoms with E-state index in [0.29, 0.717) is 16.9 Å². The Labute approximate surface area is 133 Å². The predicted molar refractivity (Wildman–Crippen MR) is 85.0 cm³/mol. The van der Waals surface area contributed by atoms with Crippen molar-refractivity contribution in [2.45, 2.75) is 11.0 Å². The minimum Gasteiger partial charge on any atom is -0.415 e. The first-order chi connectivity index (χ1) is 9.69. The number of benzene rings is 1. The summed E-state index contributed by atoms with van der Waals surface area (Å²) in [7, 11) is 0. The maximum atomic E-state index is 11.8. The topological polar surface area (TPSA) is 68.0 Å². The number of aromatic nitrogens is 2. The average Bonchev–Trinajstić information content (AvgIpc) is 2.87. The number of carbonyl (C=O) groups excluding carboxylic acids is 1. The van der Waals surface area contributed by atoms with E-state index >= 15 is 0 Å². The Morgan fingerprint density at radius 1 is 1.40 bits per heavy atom. The maximum absolute atomic E-state index is 11.8. The van der Waals surface area contributed by atoms with Crippen LogP contribution in [-0.2, 0) is 10.5 Å². The molecule has 2 aromatic rings. The van der Waals surface area contributed by atoms with Crippen LogP contribution in [0.4, 0.5) is 5.69 Å². The summed E-state index contributed by atoms with van der Waals surface area (Å²) in [6.07, 6.45) is 1.96. The van der Waals surface area contributed by atoms with Gasteiger partial charge in [0.1, 0.15) is 0 Å². The fourth-order valence-corrected chi connectivity index (χ4v) is 2.68. The highest BCUT2D eigenvalue weighted by Gasteiger charge is 2.10. The number of nitrogens with zero attached hydrogens (tertiary/aromatic N) is 2. The molecule has 8 heteroatoms. The van der Waals surface area contributed by atoms with Gasteiger partial charge in [-0.25, -0.2) is 0 Å². The van der Waals surface area contributed by atoms with Crippen molar-refractivity contribution in [1.82, 2.24) is 10.2 Å². The van der Waals surface area contributed by atoms with E-state index in [1.165, 1.54) is 11.8 Å². The van der Waals surface area contributed by atoms with Gasteiger partial charge in [0, 0.05) is 4.47 Å². The molecular formula is C12H12BrN3O2S2. The van der Waals surface area contributed by atoms with Crippen molar-refractivity contribution in [2.24, 2.45) is 0 Å². The fourth-order valence-electron chi connectivity index (χ4n) is 1.35. The molecule has 2 rings (SSSR count). The molecule has 106 valence electrons. The summed E-state index contributed by atoms with van der Waals surface area (Å²) in [5, 5.41) is 11.0.